The number of benzene rings is 1. The lowest BCUT2D eigenvalue weighted by Gasteiger charge is -1.99. The summed E-state index contributed by atoms with van der Waals surface area (Å²) >= 11 is 0. The van der Waals surface area contributed by atoms with Crippen LogP contribution in [0.4, 0.5) is 14.5 Å². The first-order valence-electron chi connectivity index (χ1n) is 5.11. The van der Waals surface area contributed by atoms with Crippen LogP contribution in [0.5, 0.6) is 0 Å². The van der Waals surface area contributed by atoms with Crippen LogP contribution in [0.2, 0.25) is 0 Å². The second kappa shape index (κ2) is 8.14. The molecule has 1 rings (SSSR count). The number of nitro groups is 1. The van der Waals surface area contributed by atoms with Gasteiger partial charge in [-0.1, -0.05) is 0 Å². The van der Waals surface area contributed by atoms with Crippen molar-refractivity contribution in [2.24, 2.45) is 10.8 Å². The molecule has 0 aliphatic carbocycles. The zero-order valence-electron chi connectivity index (χ0n) is 10.6. The van der Waals surface area contributed by atoms with Crippen LogP contribution < -0.4 is 11.2 Å². The van der Waals surface area contributed by atoms with Gasteiger partial charge in [-0.2, -0.15) is 9.49 Å². The van der Waals surface area contributed by atoms with Crippen LogP contribution in [-0.2, 0) is 4.79 Å². The summed E-state index contributed by atoms with van der Waals surface area (Å²) in [5, 5.41) is 28.0. The van der Waals surface area contributed by atoms with Gasteiger partial charge in [0, 0.05) is 13.0 Å². The summed E-state index contributed by atoms with van der Waals surface area (Å²) in [5.74, 6) is -3.63. The second-order valence-corrected chi connectivity index (χ2v) is 3.39. The van der Waals surface area contributed by atoms with E-state index >= 15 is 0 Å². The second-order valence-electron chi connectivity index (χ2n) is 3.39. The molecule has 0 atom stereocenters. The summed E-state index contributed by atoms with van der Waals surface area (Å²) in [6, 6.07) is 1.14. The lowest BCUT2D eigenvalue weighted by Crippen LogP contribution is -2.25. The van der Waals surface area contributed by atoms with Crippen molar-refractivity contribution in [2.75, 3.05) is 0 Å². The van der Waals surface area contributed by atoms with Gasteiger partial charge in [0.25, 0.3) is 5.97 Å². The van der Waals surface area contributed by atoms with Crippen molar-refractivity contribution in [3.05, 3.63) is 39.4 Å². The molecule has 0 spiro atoms. The molecule has 21 heavy (non-hydrogen) atoms. The molecule has 0 radical (unpaired) electrons. The highest BCUT2D eigenvalue weighted by Crippen LogP contribution is 2.22. The van der Waals surface area contributed by atoms with E-state index in [4.69, 9.17) is 21.0 Å². The Hall–Kier alpha value is -3.11. The summed E-state index contributed by atoms with van der Waals surface area (Å²) in [5.41, 5.74) is 5.58. The third-order valence-corrected chi connectivity index (χ3v) is 1.63. The minimum absolute atomic E-state index is 0.374. The molecule has 0 aromatic heterocycles. The number of hydrogen-bond acceptors (Lipinski definition) is 5. The number of nitro benzene ring substituents is 1. The number of nitrogens with two attached hydrogens (primary N) is 1. The Labute approximate surface area is 116 Å². The molecule has 0 heterocycles. The van der Waals surface area contributed by atoms with Crippen LogP contribution in [0, 0.1) is 27.2 Å². The van der Waals surface area contributed by atoms with Crippen molar-refractivity contribution >= 4 is 23.8 Å². The van der Waals surface area contributed by atoms with E-state index in [9.17, 15) is 18.9 Å². The maximum Gasteiger partial charge on any atom is 0.313 e. The predicted molar refractivity (Wildman–Crippen MR) is 69.0 cm³/mol. The number of nitrogens with zero attached hydrogens (tertiary/aromatic N) is 2. The van der Waals surface area contributed by atoms with Crippen molar-refractivity contribution < 1.29 is 23.6 Å². The van der Waals surface area contributed by atoms with E-state index in [-0.39, 0.29) is 5.56 Å². The first-order chi connectivity index (χ1) is 9.65. The van der Waals surface area contributed by atoms with Gasteiger partial charge in [-0.3, -0.25) is 20.3 Å². The summed E-state index contributed by atoms with van der Waals surface area (Å²) in [6.45, 7) is 1.08. The molecule has 0 unspecified atom stereocenters. The normalized spacial score (nSPS) is 9.67. The van der Waals surface area contributed by atoms with Gasteiger partial charge >= 0.3 is 5.69 Å². The Morgan fingerprint density at radius 3 is 2.52 bits per heavy atom. The standard InChI is InChI=1S/C8H7F2N5O2.C2H4O2/c9-5-1-4(3-13-14-8(11)12)7(15(16)17)6(10)2-5;1-2(3)4/h1-3H,(H4,11,12,14);1H3,(H,3,4). The highest BCUT2D eigenvalue weighted by Gasteiger charge is 2.20. The maximum atomic E-state index is 13.1. The lowest BCUT2D eigenvalue weighted by atomic mass is 10.2. The number of guanidine groups is 1. The molecule has 11 heteroatoms. The summed E-state index contributed by atoms with van der Waals surface area (Å²) in [6.07, 6.45) is 0.797. The Bertz CT molecular complexity index is 587. The molecule has 0 bridgehead atoms. The molecule has 0 fully saturated rings. The average molecular weight is 303 g/mol. The van der Waals surface area contributed by atoms with Crippen LogP contribution >= 0.6 is 0 Å². The molecule has 1 aromatic carbocycles. The zero-order chi connectivity index (χ0) is 16.6. The number of carboxylic acids is 1. The molecular formula is C10H11F2N5O4. The minimum Gasteiger partial charge on any atom is -0.481 e. The maximum absolute atomic E-state index is 13.1. The Kier molecular flexibility index (Phi) is 6.93. The number of carbonyl (C=O) groups is 1. The Balaban J connectivity index is 0.000000885. The molecule has 0 aliphatic rings. The van der Waals surface area contributed by atoms with E-state index in [1.54, 1.807) is 0 Å². The third kappa shape index (κ3) is 7.15. The SMILES string of the molecule is CC(=O)O.N=C(N)NN=Cc1cc(F)cc(F)c1[N+](=O)[O-]. The molecule has 0 saturated heterocycles. The molecule has 0 amide bonds. The summed E-state index contributed by atoms with van der Waals surface area (Å²) in [7, 11) is 0. The van der Waals surface area contributed by atoms with Gasteiger partial charge in [0.05, 0.1) is 16.7 Å². The molecule has 5 N–H and O–H groups in total. The first-order valence-corrected chi connectivity index (χ1v) is 5.11. The Morgan fingerprint density at radius 1 is 1.57 bits per heavy atom. The molecule has 9 nitrogen and oxygen atoms in total. The van der Waals surface area contributed by atoms with Crippen molar-refractivity contribution in [1.82, 2.24) is 5.43 Å². The van der Waals surface area contributed by atoms with Crippen LogP contribution in [0.1, 0.15) is 12.5 Å². The number of hydrazone groups is 1. The molecule has 0 saturated carbocycles. The number of nitrogens with one attached hydrogen (secondary N) is 2. The highest BCUT2D eigenvalue weighted by atomic mass is 19.1. The quantitative estimate of drug-likeness (QED) is 0.280. The molecule has 114 valence electrons. The molecule has 0 aliphatic heterocycles. The van der Waals surface area contributed by atoms with E-state index in [0.717, 1.165) is 19.2 Å². The Morgan fingerprint density at radius 2 is 2.10 bits per heavy atom. The van der Waals surface area contributed by atoms with Gasteiger partial charge in [-0.05, 0) is 6.07 Å². The monoisotopic (exact) mass is 303 g/mol. The number of hydrogen-bond donors (Lipinski definition) is 4. The van der Waals surface area contributed by atoms with Gasteiger partial charge in [-0.25, -0.2) is 9.82 Å². The molecular weight excluding hydrogens is 292 g/mol. The fourth-order valence-electron chi connectivity index (χ4n) is 1.05. The van der Waals surface area contributed by atoms with Crippen molar-refractivity contribution in [2.45, 2.75) is 6.92 Å². The van der Waals surface area contributed by atoms with Crippen LogP contribution in [0.3, 0.4) is 0 Å². The van der Waals surface area contributed by atoms with Crippen molar-refractivity contribution in [1.29, 1.82) is 5.41 Å². The average Bonchev–Trinajstić information content (AvgIpc) is 2.25. The van der Waals surface area contributed by atoms with Crippen LogP contribution in [-0.4, -0.2) is 28.2 Å². The van der Waals surface area contributed by atoms with Gasteiger partial charge in [-0.15, -0.1) is 0 Å². The van der Waals surface area contributed by atoms with Crippen molar-refractivity contribution in [3.63, 3.8) is 0 Å². The topological polar surface area (TPSA) is 155 Å². The number of aliphatic carboxylic acids is 1. The number of carboxylic acid groups (broad SMARTS) is 1. The van der Waals surface area contributed by atoms with Gasteiger partial charge in [0.1, 0.15) is 5.82 Å². The highest BCUT2D eigenvalue weighted by molar-refractivity contribution is 5.86. The largest absolute Gasteiger partial charge is 0.481 e. The fourth-order valence-corrected chi connectivity index (χ4v) is 1.05. The smallest absolute Gasteiger partial charge is 0.313 e. The van der Waals surface area contributed by atoms with E-state index < -0.39 is 34.2 Å². The summed E-state index contributed by atoms with van der Waals surface area (Å²) < 4.78 is 26.0. The van der Waals surface area contributed by atoms with E-state index in [0.29, 0.717) is 6.07 Å². The minimum atomic E-state index is -1.31. The number of halogens is 2. The van der Waals surface area contributed by atoms with Gasteiger partial charge in [0.2, 0.25) is 11.8 Å². The lowest BCUT2D eigenvalue weighted by molar-refractivity contribution is -0.387. The van der Waals surface area contributed by atoms with E-state index in [1.165, 1.54) is 0 Å². The first kappa shape index (κ1) is 17.9. The van der Waals surface area contributed by atoms with Crippen LogP contribution in [0.15, 0.2) is 17.2 Å². The fraction of sp³-hybridized carbons (Fsp3) is 0.100. The van der Waals surface area contributed by atoms with Gasteiger partial charge in [0.15, 0.2) is 0 Å². The van der Waals surface area contributed by atoms with Gasteiger partial charge < -0.3 is 10.8 Å². The third-order valence-electron chi connectivity index (χ3n) is 1.63. The van der Waals surface area contributed by atoms with Crippen molar-refractivity contribution in [3.8, 4) is 0 Å². The predicted octanol–water partition coefficient (Wildman–Crippen LogP) is 0.781. The molecule has 1 aromatic rings. The van der Waals surface area contributed by atoms with E-state index in [2.05, 4.69) is 5.10 Å². The van der Waals surface area contributed by atoms with Crippen LogP contribution in [0.25, 0.3) is 0 Å². The van der Waals surface area contributed by atoms with E-state index in [1.807, 2.05) is 5.43 Å². The number of rotatable bonds is 3. The summed E-state index contributed by atoms with van der Waals surface area (Å²) in [4.78, 5) is 18.5. The zero-order valence-corrected chi connectivity index (χ0v) is 10.6.